The fraction of sp³-hybridized carbons (Fsp3) is 0.429. The minimum atomic E-state index is -0.756. The molecule has 1 aliphatic rings. The Bertz CT molecular complexity index is 512. The van der Waals surface area contributed by atoms with E-state index in [0.29, 0.717) is 18.5 Å². The van der Waals surface area contributed by atoms with Gasteiger partial charge in [-0.3, -0.25) is 4.79 Å². The Morgan fingerprint density at radius 1 is 1.47 bits per heavy atom. The van der Waals surface area contributed by atoms with Crippen LogP contribution in [0.2, 0.25) is 0 Å². The molecule has 19 heavy (non-hydrogen) atoms. The summed E-state index contributed by atoms with van der Waals surface area (Å²) >= 11 is 0. The summed E-state index contributed by atoms with van der Waals surface area (Å²) in [5.74, 6) is -0.466. The number of rotatable bonds is 2. The number of hydrogen-bond acceptors (Lipinski definition) is 4. The van der Waals surface area contributed by atoms with Gasteiger partial charge in [0.25, 0.3) is 0 Å². The van der Waals surface area contributed by atoms with E-state index in [1.54, 1.807) is 25.1 Å². The summed E-state index contributed by atoms with van der Waals surface area (Å²) in [6.07, 6.45) is 0.539. The fourth-order valence-electron chi connectivity index (χ4n) is 2.46. The van der Waals surface area contributed by atoms with Crippen LogP contribution in [0, 0.1) is 0 Å². The maximum absolute atomic E-state index is 12.1. The number of aromatic hydroxyl groups is 1. The Labute approximate surface area is 111 Å². The highest BCUT2D eigenvalue weighted by Gasteiger charge is 2.36. The molecule has 2 rings (SSSR count). The van der Waals surface area contributed by atoms with Crippen LogP contribution >= 0.6 is 0 Å². The van der Waals surface area contributed by atoms with E-state index in [1.807, 2.05) is 0 Å². The first-order chi connectivity index (χ1) is 9.06. The van der Waals surface area contributed by atoms with Crippen molar-refractivity contribution in [3.8, 4) is 5.75 Å². The second kappa shape index (κ2) is 5.30. The zero-order valence-corrected chi connectivity index (χ0v) is 11.0. The number of ether oxygens (including phenoxy) is 1. The minimum absolute atomic E-state index is 0.162. The molecule has 1 heterocycles. The molecule has 0 saturated heterocycles. The maximum atomic E-state index is 12.1. The topological polar surface area (TPSA) is 66.8 Å². The molecule has 0 aliphatic carbocycles. The van der Waals surface area contributed by atoms with E-state index in [9.17, 15) is 14.7 Å². The summed E-state index contributed by atoms with van der Waals surface area (Å²) in [6.45, 7) is 3.82. The molecule has 0 saturated carbocycles. The number of benzene rings is 1. The van der Waals surface area contributed by atoms with Crippen molar-refractivity contribution < 1.29 is 19.4 Å². The number of phenols is 1. The second-order valence-corrected chi connectivity index (χ2v) is 4.46. The molecule has 1 amide bonds. The summed E-state index contributed by atoms with van der Waals surface area (Å²) in [4.78, 5) is 25.2. The number of phenolic OH excluding ortho intramolecular Hbond substituents is 1. The normalized spacial score (nSPS) is 17.8. The molecule has 0 spiro atoms. The van der Waals surface area contributed by atoms with Crippen LogP contribution < -0.4 is 0 Å². The molecular weight excluding hydrogens is 246 g/mol. The van der Waals surface area contributed by atoms with Gasteiger partial charge in [-0.2, -0.15) is 0 Å². The lowest BCUT2D eigenvalue weighted by Crippen LogP contribution is -2.43. The smallest absolute Gasteiger partial charge is 0.333 e. The summed E-state index contributed by atoms with van der Waals surface area (Å²) in [5.41, 5.74) is 1.37. The van der Waals surface area contributed by atoms with Crippen LogP contribution in [0.15, 0.2) is 18.2 Å². The van der Waals surface area contributed by atoms with E-state index >= 15 is 0 Å². The third-order valence-electron chi connectivity index (χ3n) is 3.31. The first kappa shape index (κ1) is 13.4. The first-order valence-corrected chi connectivity index (χ1v) is 6.30. The minimum Gasteiger partial charge on any atom is -0.508 e. The lowest BCUT2D eigenvalue weighted by atomic mass is 9.91. The third kappa shape index (κ3) is 2.41. The van der Waals surface area contributed by atoms with Crippen molar-refractivity contribution in [3.05, 3.63) is 29.3 Å². The van der Waals surface area contributed by atoms with E-state index in [-0.39, 0.29) is 18.3 Å². The predicted molar refractivity (Wildman–Crippen MR) is 68.6 cm³/mol. The van der Waals surface area contributed by atoms with Crippen LogP contribution in [0.3, 0.4) is 0 Å². The SMILES string of the molecule is CCOC(=O)[C@H]1c2cccc(O)c2CCN1C(C)=O. The van der Waals surface area contributed by atoms with Crippen molar-refractivity contribution in [2.45, 2.75) is 26.3 Å². The van der Waals surface area contributed by atoms with E-state index in [2.05, 4.69) is 0 Å². The molecule has 1 atom stereocenters. The van der Waals surface area contributed by atoms with Crippen LogP contribution in [0.1, 0.15) is 31.0 Å². The van der Waals surface area contributed by atoms with Gasteiger partial charge >= 0.3 is 5.97 Å². The molecule has 1 aliphatic heterocycles. The molecule has 0 fully saturated rings. The maximum Gasteiger partial charge on any atom is 0.333 e. The highest BCUT2D eigenvalue weighted by molar-refractivity contribution is 5.85. The van der Waals surface area contributed by atoms with E-state index in [0.717, 1.165) is 5.56 Å². The number of amides is 1. The lowest BCUT2D eigenvalue weighted by molar-refractivity contribution is -0.155. The molecule has 1 N–H and O–H groups in total. The van der Waals surface area contributed by atoms with Gasteiger partial charge in [-0.25, -0.2) is 4.79 Å². The predicted octanol–water partition coefficient (Wildman–Crippen LogP) is 1.40. The van der Waals surface area contributed by atoms with Crippen LogP contribution in [0.25, 0.3) is 0 Å². The molecule has 0 radical (unpaired) electrons. The van der Waals surface area contributed by atoms with Crippen molar-refractivity contribution >= 4 is 11.9 Å². The van der Waals surface area contributed by atoms with Crippen LogP contribution in [0.4, 0.5) is 0 Å². The number of carbonyl (C=O) groups is 2. The zero-order valence-electron chi connectivity index (χ0n) is 11.0. The van der Waals surface area contributed by atoms with E-state index in [4.69, 9.17) is 4.74 Å². The Morgan fingerprint density at radius 2 is 2.21 bits per heavy atom. The number of nitrogens with zero attached hydrogens (tertiary/aromatic N) is 1. The van der Waals surface area contributed by atoms with Crippen molar-refractivity contribution in [3.63, 3.8) is 0 Å². The summed E-state index contributed by atoms with van der Waals surface area (Å²) < 4.78 is 5.04. The second-order valence-electron chi connectivity index (χ2n) is 4.46. The van der Waals surface area contributed by atoms with Crippen LogP contribution in [-0.4, -0.2) is 35.0 Å². The van der Waals surface area contributed by atoms with Gasteiger partial charge in [0.05, 0.1) is 6.61 Å². The fourth-order valence-corrected chi connectivity index (χ4v) is 2.46. The van der Waals surface area contributed by atoms with E-state index < -0.39 is 12.0 Å². The molecule has 0 bridgehead atoms. The third-order valence-corrected chi connectivity index (χ3v) is 3.31. The van der Waals surface area contributed by atoms with Crippen LogP contribution in [-0.2, 0) is 20.7 Å². The Kier molecular flexibility index (Phi) is 3.74. The highest BCUT2D eigenvalue weighted by atomic mass is 16.5. The van der Waals surface area contributed by atoms with Gasteiger partial charge in [0.15, 0.2) is 6.04 Å². The van der Waals surface area contributed by atoms with Crippen molar-refractivity contribution in [2.24, 2.45) is 0 Å². The zero-order chi connectivity index (χ0) is 14.0. The molecule has 102 valence electrons. The summed E-state index contributed by atoms with van der Waals surface area (Å²) in [7, 11) is 0. The van der Waals surface area contributed by atoms with Crippen LogP contribution in [0.5, 0.6) is 5.75 Å². The van der Waals surface area contributed by atoms with Gasteiger partial charge in [-0.1, -0.05) is 12.1 Å². The first-order valence-electron chi connectivity index (χ1n) is 6.30. The lowest BCUT2D eigenvalue weighted by Gasteiger charge is -2.35. The Hall–Kier alpha value is -2.04. The Balaban J connectivity index is 2.47. The quantitative estimate of drug-likeness (QED) is 0.819. The molecule has 5 heteroatoms. The van der Waals surface area contributed by atoms with Crippen molar-refractivity contribution in [1.29, 1.82) is 0 Å². The molecule has 1 aromatic rings. The highest BCUT2D eigenvalue weighted by Crippen LogP contribution is 2.35. The van der Waals surface area contributed by atoms with Gasteiger partial charge in [0.1, 0.15) is 5.75 Å². The molecule has 5 nitrogen and oxygen atoms in total. The van der Waals surface area contributed by atoms with Crippen molar-refractivity contribution in [1.82, 2.24) is 4.90 Å². The van der Waals surface area contributed by atoms with E-state index in [1.165, 1.54) is 11.8 Å². The van der Waals surface area contributed by atoms with Crippen molar-refractivity contribution in [2.75, 3.05) is 13.2 Å². The molecule has 1 aromatic carbocycles. The average molecular weight is 263 g/mol. The van der Waals surface area contributed by atoms with Gasteiger partial charge in [0.2, 0.25) is 5.91 Å². The number of carbonyl (C=O) groups excluding carboxylic acids is 2. The summed E-state index contributed by atoms with van der Waals surface area (Å²) in [5, 5.41) is 9.86. The average Bonchev–Trinajstić information content (AvgIpc) is 2.38. The molecular formula is C14H17NO4. The largest absolute Gasteiger partial charge is 0.508 e. The number of hydrogen-bond donors (Lipinski definition) is 1. The van der Waals surface area contributed by atoms with Gasteiger partial charge < -0.3 is 14.7 Å². The number of fused-ring (bicyclic) bond motifs is 1. The van der Waals surface area contributed by atoms with Gasteiger partial charge in [-0.15, -0.1) is 0 Å². The molecule has 0 unspecified atom stereocenters. The summed E-state index contributed by atoms with van der Waals surface area (Å²) in [6, 6.07) is 4.26. The Morgan fingerprint density at radius 3 is 2.84 bits per heavy atom. The standard InChI is InChI=1S/C14H17NO4/c1-3-19-14(18)13-11-5-4-6-12(17)10(11)7-8-15(13)9(2)16/h4-6,13,17H,3,7-8H2,1-2H3/t13-/m1/s1. The monoisotopic (exact) mass is 263 g/mol. The number of esters is 1. The molecule has 0 aromatic heterocycles. The van der Waals surface area contributed by atoms with Gasteiger partial charge in [0, 0.05) is 19.0 Å². The van der Waals surface area contributed by atoms with Gasteiger partial charge in [-0.05, 0) is 25.0 Å².